The van der Waals surface area contributed by atoms with Crippen LogP contribution in [0.15, 0.2) is 12.1 Å². The van der Waals surface area contributed by atoms with Crippen molar-refractivity contribution in [3.8, 4) is 18.1 Å². The predicted molar refractivity (Wildman–Crippen MR) is 58.8 cm³/mol. The number of ether oxygens (including phenoxy) is 1. The molecule has 15 heavy (non-hydrogen) atoms. The van der Waals surface area contributed by atoms with Gasteiger partial charge in [-0.2, -0.15) is 0 Å². The van der Waals surface area contributed by atoms with Crippen molar-refractivity contribution in [3.63, 3.8) is 0 Å². The molecule has 0 unspecified atom stereocenters. The van der Waals surface area contributed by atoms with Gasteiger partial charge in [0.2, 0.25) is 6.41 Å². The van der Waals surface area contributed by atoms with Gasteiger partial charge in [0, 0.05) is 17.7 Å². The maximum atomic E-state index is 10.2. The Bertz CT molecular complexity index is 410. The molecule has 1 rings (SSSR count). The molecule has 0 saturated heterocycles. The molecule has 0 saturated carbocycles. The Balaban J connectivity index is 3.13. The Kier molecular flexibility index (Phi) is 4.02. The molecular weight excluding hydrogens is 214 g/mol. The van der Waals surface area contributed by atoms with E-state index in [1.807, 2.05) is 0 Å². The SMILES string of the molecule is C#Cc1cc(Cl)c(CNC=O)c(OC)c1. The van der Waals surface area contributed by atoms with Gasteiger partial charge in [0.15, 0.2) is 0 Å². The lowest BCUT2D eigenvalue weighted by molar-refractivity contribution is -0.109. The fourth-order valence-electron chi connectivity index (χ4n) is 1.19. The molecule has 0 spiro atoms. The van der Waals surface area contributed by atoms with Gasteiger partial charge in [0.1, 0.15) is 5.75 Å². The summed E-state index contributed by atoms with van der Waals surface area (Å²) in [5.41, 5.74) is 1.36. The number of hydrogen-bond acceptors (Lipinski definition) is 2. The van der Waals surface area contributed by atoms with Crippen molar-refractivity contribution < 1.29 is 9.53 Å². The van der Waals surface area contributed by atoms with Crippen LogP contribution in [0, 0.1) is 12.3 Å². The fraction of sp³-hybridized carbons (Fsp3) is 0.182. The first-order valence-corrected chi connectivity index (χ1v) is 4.60. The van der Waals surface area contributed by atoms with Crippen molar-refractivity contribution in [2.75, 3.05) is 7.11 Å². The van der Waals surface area contributed by atoms with Gasteiger partial charge in [-0.1, -0.05) is 17.5 Å². The largest absolute Gasteiger partial charge is 0.496 e. The van der Waals surface area contributed by atoms with E-state index in [4.69, 9.17) is 22.8 Å². The van der Waals surface area contributed by atoms with E-state index < -0.39 is 0 Å². The normalized spacial score (nSPS) is 9.13. The average molecular weight is 224 g/mol. The molecule has 1 aromatic rings. The molecule has 0 aliphatic heterocycles. The number of nitrogens with one attached hydrogen (secondary N) is 1. The summed E-state index contributed by atoms with van der Waals surface area (Å²) >= 11 is 6.00. The van der Waals surface area contributed by atoms with Crippen molar-refractivity contribution >= 4 is 18.0 Å². The second kappa shape index (κ2) is 5.28. The van der Waals surface area contributed by atoms with Crippen LogP contribution in [-0.4, -0.2) is 13.5 Å². The predicted octanol–water partition coefficient (Wildman–Crippen LogP) is 1.58. The first-order valence-electron chi connectivity index (χ1n) is 4.23. The minimum atomic E-state index is 0.316. The van der Waals surface area contributed by atoms with Crippen LogP contribution in [0.4, 0.5) is 0 Å². The fourth-order valence-corrected chi connectivity index (χ4v) is 1.47. The van der Waals surface area contributed by atoms with Gasteiger partial charge in [-0.3, -0.25) is 4.79 Å². The Labute approximate surface area is 93.4 Å². The third-order valence-electron chi connectivity index (χ3n) is 1.90. The number of carbonyl (C=O) groups excluding carboxylic acids is 1. The molecule has 0 aliphatic carbocycles. The molecule has 0 aliphatic rings. The van der Waals surface area contributed by atoms with Crippen LogP contribution >= 0.6 is 11.6 Å². The van der Waals surface area contributed by atoms with E-state index in [0.29, 0.717) is 34.9 Å². The third kappa shape index (κ3) is 2.64. The number of carbonyl (C=O) groups is 1. The molecule has 3 nitrogen and oxygen atoms in total. The molecule has 4 heteroatoms. The Morgan fingerprint density at radius 2 is 2.40 bits per heavy atom. The second-order valence-corrected chi connectivity index (χ2v) is 3.19. The molecule has 0 bridgehead atoms. The summed E-state index contributed by atoms with van der Waals surface area (Å²) in [6, 6.07) is 3.36. The Hall–Kier alpha value is -1.66. The molecule has 0 heterocycles. The van der Waals surface area contributed by atoms with Crippen molar-refractivity contribution in [1.82, 2.24) is 5.32 Å². The van der Waals surface area contributed by atoms with E-state index in [1.165, 1.54) is 7.11 Å². The summed E-state index contributed by atoms with van der Waals surface area (Å²) < 4.78 is 5.13. The Morgan fingerprint density at radius 3 is 2.93 bits per heavy atom. The molecule has 1 amide bonds. The maximum Gasteiger partial charge on any atom is 0.207 e. The topological polar surface area (TPSA) is 38.3 Å². The molecule has 0 fully saturated rings. The van der Waals surface area contributed by atoms with Crippen molar-refractivity contribution in [1.29, 1.82) is 0 Å². The van der Waals surface area contributed by atoms with Gasteiger partial charge in [-0.05, 0) is 12.1 Å². The molecular formula is C11H10ClNO2. The highest BCUT2D eigenvalue weighted by Crippen LogP contribution is 2.28. The smallest absolute Gasteiger partial charge is 0.207 e. The zero-order valence-electron chi connectivity index (χ0n) is 8.21. The van der Waals surface area contributed by atoms with Gasteiger partial charge in [0.05, 0.1) is 12.1 Å². The highest BCUT2D eigenvalue weighted by Gasteiger charge is 2.09. The molecule has 0 radical (unpaired) electrons. The summed E-state index contributed by atoms with van der Waals surface area (Å²) in [5.74, 6) is 3.05. The second-order valence-electron chi connectivity index (χ2n) is 2.78. The number of terminal acetylenes is 1. The monoisotopic (exact) mass is 223 g/mol. The first kappa shape index (κ1) is 11.4. The van der Waals surface area contributed by atoms with Gasteiger partial charge in [0.25, 0.3) is 0 Å². The maximum absolute atomic E-state index is 10.2. The Morgan fingerprint density at radius 1 is 1.67 bits per heavy atom. The van der Waals surface area contributed by atoms with E-state index in [0.717, 1.165) is 0 Å². The van der Waals surface area contributed by atoms with Crippen molar-refractivity contribution in [3.05, 3.63) is 28.3 Å². The molecule has 78 valence electrons. The number of halogens is 1. The van der Waals surface area contributed by atoms with E-state index >= 15 is 0 Å². The summed E-state index contributed by atoms with van der Waals surface area (Å²) in [5, 5.41) is 3.00. The first-order chi connectivity index (χ1) is 7.22. The van der Waals surface area contributed by atoms with Crippen molar-refractivity contribution in [2.45, 2.75) is 6.54 Å². The van der Waals surface area contributed by atoms with Crippen molar-refractivity contribution in [2.24, 2.45) is 0 Å². The standard InChI is InChI=1S/C11H10ClNO2/c1-3-8-4-10(12)9(6-13-7-14)11(5-8)15-2/h1,4-5,7H,6H2,2H3,(H,13,14). The number of amides is 1. The van der Waals surface area contributed by atoms with E-state index in [9.17, 15) is 4.79 Å². The minimum Gasteiger partial charge on any atom is -0.496 e. The van der Waals surface area contributed by atoms with Crippen LogP contribution in [-0.2, 0) is 11.3 Å². The summed E-state index contributed by atoms with van der Waals surface area (Å²) in [6.45, 7) is 0.316. The number of rotatable bonds is 4. The zero-order chi connectivity index (χ0) is 11.3. The van der Waals surface area contributed by atoms with Gasteiger partial charge >= 0.3 is 0 Å². The van der Waals surface area contributed by atoms with Gasteiger partial charge in [-0.15, -0.1) is 6.42 Å². The van der Waals surface area contributed by atoms with Crippen LogP contribution in [0.3, 0.4) is 0 Å². The number of benzene rings is 1. The van der Waals surface area contributed by atoms with E-state index in [1.54, 1.807) is 12.1 Å². The quantitative estimate of drug-likeness (QED) is 0.622. The van der Waals surface area contributed by atoms with Crippen LogP contribution in [0.2, 0.25) is 5.02 Å². The lowest BCUT2D eigenvalue weighted by atomic mass is 10.1. The zero-order valence-corrected chi connectivity index (χ0v) is 8.97. The van der Waals surface area contributed by atoms with Gasteiger partial charge in [-0.25, -0.2) is 0 Å². The van der Waals surface area contributed by atoms with Crippen LogP contribution < -0.4 is 10.1 Å². The van der Waals surface area contributed by atoms with E-state index in [2.05, 4.69) is 11.2 Å². The molecule has 1 N–H and O–H groups in total. The van der Waals surface area contributed by atoms with Gasteiger partial charge < -0.3 is 10.1 Å². The lowest BCUT2D eigenvalue weighted by Crippen LogP contribution is -2.11. The minimum absolute atomic E-state index is 0.316. The molecule has 0 atom stereocenters. The average Bonchev–Trinajstić information content (AvgIpc) is 2.26. The van der Waals surface area contributed by atoms with Crippen LogP contribution in [0.5, 0.6) is 5.75 Å². The lowest BCUT2D eigenvalue weighted by Gasteiger charge is -2.10. The summed E-state index contributed by atoms with van der Waals surface area (Å²) in [4.78, 5) is 10.2. The third-order valence-corrected chi connectivity index (χ3v) is 2.24. The van der Waals surface area contributed by atoms with Crippen LogP contribution in [0.1, 0.15) is 11.1 Å². The molecule has 0 aromatic heterocycles. The van der Waals surface area contributed by atoms with Crippen LogP contribution in [0.25, 0.3) is 0 Å². The number of methoxy groups -OCH3 is 1. The molecule has 1 aromatic carbocycles. The van der Waals surface area contributed by atoms with E-state index in [-0.39, 0.29) is 0 Å². The highest BCUT2D eigenvalue weighted by atomic mass is 35.5. The highest BCUT2D eigenvalue weighted by molar-refractivity contribution is 6.31. The summed E-state index contributed by atoms with van der Waals surface area (Å²) in [6.07, 6.45) is 5.86. The summed E-state index contributed by atoms with van der Waals surface area (Å²) in [7, 11) is 1.52. The number of hydrogen-bond donors (Lipinski definition) is 1.